The van der Waals surface area contributed by atoms with Gasteiger partial charge in [-0.1, -0.05) is 44.2 Å². The van der Waals surface area contributed by atoms with E-state index in [-0.39, 0.29) is 5.41 Å². The van der Waals surface area contributed by atoms with E-state index in [1.807, 2.05) is 19.0 Å². The van der Waals surface area contributed by atoms with Crippen LogP contribution < -0.4 is 0 Å². The van der Waals surface area contributed by atoms with Gasteiger partial charge in [0.05, 0.1) is 12.1 Å². The Hall–Kier alpha value is -0.490. The molecule has 0 atom stereocenters. The van der Waals surface area contributed by atoms with Gasteiger partial charge in [0.15, 0.2) is 0 Å². The van der Waals surface area contributed by atoms with Crippen LogP contribution in [0, 0.1) is 11.8 Å². The standard InChI is InChI=1S/C13H18ClNS/c1-13(2,3)11-9-10(12(14)16-11)7-6-8-15(4)5/h9H,8H2,1-5H3. The summed E-state index contributed by atoms with van der Waals surface area (Å²) in [6.07, 6.45) is 0. The fourth-order valence-electron chi connectivity index (χ4n) is 1.12. The van der Waals surface area contributed by atoms with Crippen molar-refractivity contribution in [1.29, 1.82) is 0 Å². The molecule has 1 heterocycles. The summed E-state index contributed by atoms with van der Waals surface area (Å²) in [6.45, 7) is 7.32. The number of hydrogen-bond donors (Lipinski definition) is 0. The first kappa shape index (κ1) is 13.6. The Morgan fingerprint density at radius 1 is 1.38 bits per heavy atom. The molecule has 16 heavy (non-hydrogen) atoms. The Labute approximate surface area is 107 Å². The van der Waals surface area contributed by atoms with Crippen LogP contribution in [0.25, 0.3) is 0 Å². The third-order valence-electron chi connectivity index (χ3n) is 2.04. The molecule has 0 bridgehead atoms. The molecule has 0 aliphatic heterocycles. The second-order valence-corrected chi connectivity index (χ2v) is 6.74. The van der Waals surface area contributed by atoms with Crippen LogP contribution in [0.5, 0.6) is 0 Å². The molecule has 1 rings (SSSR count). The van der Waals surface area contributed by atoms with Crippen molar-refractivity contribution in [3.63, 3.8) is 0 Å². The first-order chi connectivity index (χ1) is 7.30. The molecule has 0 aliphatic carbocycles. The lowest BCUT2D eigenvalue weighted by molar-refractivity contribution is 0.464. The molecular weight excluding hydrogens is 238 g/mol. The molecule has 0 aromatic carbocycles. The molecule has 0 unspecified atom stereocenters. The SMILES string of the molecule is CN(C)CC#Cc1cc(C(C)(C)C)sc1Cl. The van der Waals surface area contributed by atoms with E-state index in [1.54, 1.807) is 11.3 Å². The van der Waals surface area contributed by atoms with Crippen molar-refractivity contribution >= 4 is 22.9 Å². The third kappa shape index (κ3) is 3.83. The predicted octanol–water partition coefficient (Wildman–Crippen LogP) is 3.61. The van der Waals surface area contributed by atoms with Crippen molar-refractivity contribution < 1.29 is 0 Å². The van der Waals surface area contributed by atoms with Gasteiger partial charge in [-0.25, -0.2) is 0 Å². The van der Waals surface area contributed by atoms with E-state index in [9.17, 15) is 0 Å². The quantitative estimate of drug-likeness (QED) is 0.693. The van der Waals surface area contributed by atoms with Gasteiger partial charge in [-0.2, -0.15) is 0 Å². The molecule has 0 aliphatic rings. The van der Waals surface area contributed by atoms with Crippen LogP contribution in [0.4, 0.5) is 0 Å². The summed E-state index contributed by atoms with van der Waals surface area (Å²) in [5.74, 6) is 6.23. The van der Waals surface area contributed by atoms with Crippen LogP contribution in [0.1, 0.15) is 31.2 Å². The molecule has 88 valence electrons. The van der Waals surface area contributed by atoms with Crippen molar-refractivity contribution in [2.45, 2.75) is 26.2 Å². The van der Waals surface area contributed by atoms with E-state index < -0.39 is 0 Å². The predicted molar refractivity (Wildman–Crippen MR) is 73.5 cm³/mol. The average molecular weight is 256 g/mol. The first-order valence-corrected chi connectivity index (χ1v) is 6.43. The maximum atomic E-state index is 6.17. The lowest BCUT2D eigenvalue weighted by atomic mass is 9.94. The monoisotopic (exact) mass is 255 g/mol. The maximum absolute atomic E-state index is 6.17. The molecule has 0 radical (unpaired) electrons. The normalized spacial score (nSPS) is 11.4. The van der Waals surface area contributed by atoms with Gasteiger partial charge in [-0.15, -0.1) is 11.3 Å². The molecule has 1 aromatic heterocycles. The molecule has 0 amide bonds. The first-order valence-electron chi connectivity index (χ1n) is 5.24. The Morgan fingerprint density at radius 3 is 2.44 bits per heavy atom. The van der Waals surface area contributed by atoms with Gasteiger partial charge >= 0.3 is 0 Å². The highest BCUT2D eigenvalue weighted by Gasteiger charge is 2.18. The van der Waals surface area contributed by atoms with Crippen molar-refractivity contribution in [2.75, 3.05) is 20.6 Å². The van der Waals surface area contributed by atoms with Crippen LogP contribution >= 0.6 is 22.9 Å². The lowest BCUT2D eigenvalue weighted by Gasteiger charge is -2.14. The summed E-state index contributed by atoms with van der Waals surface area (Å²) >= 11 is 7.80. The molecule has 1 nitrogen and oxygen atoms in total. The Morgan fingerprint density at radius 2 is 2.00 bits per heavy atom. The summed E-state index contributed by atoms with van der Waals surface area (Å²) in [7, 11) is 4.01. The van der Waals surface area contributed by atoms with E-state index in [1.165, 1.54) is 4.88 Å². The zero-order chi connectivity index (χ0) is 12.3. The van der Waals surface area contributed by atoms with Gasteiger partial charge in [0.1, 0.15) is 4.34 Å². The summed E-state index contributed by atoms with van der Waals surface area (Å²) in [4.78, 5) is 3.32. The zero-order valence-corrected chi connectivity index (χ0v) is 12.1. The Bertz CT molecular complexity index is 415. The fraction of sp³-hybridized carbons (Fsp3) is 0.538. The van der Waals surface area contributed by atoms with E-state index in [0.717, 1.165) is 16.4 Å². The van der Waals surface area contributed by atoms with Gasteiger partial charge < -0.3 is 0 Å². The Kier molecular flexibility index (Phi) is 4.43. The van der Waals surface area contributed by atoms with Crippen LogP contribution in [-0.2, 0) is 5.41 Å². The van der Waals surface area contributed by atoms with Crippen LogP contribution in [-0.4, -0.2) is 25.5 Å². The highest BCUT2D eigenvalue weighted by Crippen LogP contribution is 2.34. The summed E-state index contributed by atoms with van der Waals surface area (Å²) in [6, 6.07) is 2.11. The minimum atomic E-state index is 0.149. The molecule has 0 fully saturated rings. The van der Waals surface area contributed by atoms with E-state index in [4.69, 9.17) is 11.6 Å². The van der Waals surface area contributed by atoms with Gasteiger partial charge in [-0.3, -0.25) is 4.90 Å². The second kappa shape index (κ2) is 5.23. The lowest BCUT2D eigenvalue weighted by Crippen LogP contribution is -2.10. The van der Waals surface area contributed by atoms with Crippen molar-refractivity contribution in [2.24, 2.45) is 0 Å². The minimum Gasteiger partial charge on any atom is -0.299 e. The molecule has 0 saturated heterocycles. The maximum Gasteiger partial charge on any atom is 0.109 e. The zero-order valence-electron chi connectivity index (χ0n) is 10.5. The fourth-order valence-corrected chi connectivity index (χ4v) is 2.36. The van der Waals surface area contributed by atoms with E-state index >= 15 is 0 Å². The number of rotatable bonds is 1. The van der Waals surface area contributed by atoms with Crippen molar-refractivity contribution in [3.8, 4) is 11.8 Å². The average Bonchev–Trinajstić information content (AvgIpc) is 2.46. The van der Waals surface area contributed by atoms with Gasteiger partial charge in [-0.05, 0) is 25.6 Å². The third-order valence-corrected chi connectivity index (χ3v) is 3.83. The van der Waals surface area contributed by atoms with Crippen molar-refractivity contribution in [3.05, 3.63) is 20.8 Å². The molecule has 1 aromatic rings. The van der Waals surface area contributed by atoms with Crippen LogP contribution in [0.3, 0.4) is 0 Å². The largest absolute Gasteiger partial charge is 0.299 e. The summed E-state index contributed by atoms with van der Waals surface area (Å²) in [5, 5.41) is 0. The molecule has 3 heteroatoms. The number of nitrogens with zero attached hydrogens (tertiary/aromatic N) is 1. The highest BCUT2D eigenvalue weighted by molar-refractivity contribution is 7.16. The number of thiophene rings is 1. The number of hydrogen-bond acceptors (Lipinski definition) is 2. The Balaban J connectivity index is 2.89. The summed E-state index contributed by atoms with van der Waals surface area (Å²) < 4.78 is 0.802. The van der Waals surface area contributed by atoms with E-state index in [0.29, 0.717) is 0 Å². The minimum absolute atomic E-state index is 0.149. The molecule has 0 spiro atoms. The van der Waals surface area contributed by atoms with Crippen LogP contribution in [0.2, 0.25) is 4.34 Å². The second-order valence-electron chi connectivity index (χ2n) is 5.09. The van der Waals surface area contributed by atoms with Gasteiger partial charge in [0.2, 0.25) is 0 Å². The van der Waals surface area contributed by atoms with E-state index in [2.05, 4.69) is 38.7 Å². The molecular formula is C13H18ClNS. The summed E-state index contributed by atoms with van der Waals surface area (Å²) in [5.41, 5.74) is 1.11. The molecule has 0 saturated carbocycles. The van der Waals surface area contributed by atoms with Crippen molar-refractivity contribution in [1.82, 2.24) is 4.90 Å². The van der Waals surface area contributed by atoms with Gasteiger partial charge in [0.25, 0.3) is 0 Å². The topological polar surface area (TPSA) is 3.24 Å². The van der Waals surface area contributed by atoms with Crippen LogP contribution in [0.15, 0.2) is 6.07 Å². The highest BCUT2D eigenvalue weighted by atomic mass is 35.5. The van der Waals surface area contributed by atoms with Gasteiger partial charge in [0, 0.05) is 4.88 Å². The molecule has 0 N–H and O–H groups in total. The smallest absolute Gasteiger partial charge is 0.109 e. The number of halogens is 1.